The van der Waals surface area contributed by atoms with Gasteiger partial charge in [0.15, 0.2) is 5.82 Å². The normalized spacial score (nSPS) is 15.3. The zero-order chi connectivity index (χ0) is 17.5. The van der Waals surface area contributed by atoms with Crippen molar-refractivity contribution in [3.8, 4) is 0 Å². The summed E-state index contributed by atoms with van der Waals surface area (Å²) in [5.74, 6) is 1.48. The lowest BCUT2D eigenvalue weighted by atomic mass is 10.1. The number of anilines is 1. The van der Waals surface area contributed by atoms with Crippen molar-refractivity contribution in [2.45, 2.75) is 32.5 Å². The summed E-state index contributed by atoms with van der Waals surface area (Å²) >= 11 is 0. The molecule has 7 heteroatoms. The predicted octanol–water partition coefficient (Wildman–Crippen LogP) is 1.24. The summed E-state index contributed by atoms with van der Waals surface area (Å²) in [5, 5.41) is 17.1. The fourth-order valence-corrected chi connectivity index (χ4v) is 2.88. The number of nitrogens with one attached hydrogen (secondary N) is 2. The molecule has 134 valence electrons. The van der Waals surface area contributed by atoms with Crippen LogP contribution in [0.15, 0.2) is 24.5 Å². The van der Waals surface area contributed by atoms with Gasteiger partial charge < -0.3 is 20.5 Å². The van der Waals surface area contributed by atoms with Crippen molar-refractivity contribution < 1.29 is 9.84 Å². The molecule has 2 aromatic heterocycles. The lowest BCUT2D eigenvalue weighted by Gasteiger charge is -2.17. The minimum absolute atomic E-state index is 0.372. The number of aliphatic hydroxyl groups excluding tert-OH is 1. The predicted molar refractivity (Wildman–Crippen MR) is 95.3 cm³/mol. The molecule has 1 aliphatic heterocycles. The first-order chi connectivity index (χ1) is 12.3. The molecule has 0 saturated carbocycles. The van der Waals surface area contributed by atoms with Crippen LogP contribution in [0.3, 0.4) is 0 Å². The van der Waals surface area contributed by atoms with Crippen molar-refractivity contribution in [1.82, 2.24) is 20.3 Å². The topological polar surface area (TPSA) is 92.2 Å². The third-order valence-electron chi connectivity index (χ3n) is 4.20. The largest absolute Gasteiger partial charge is 0.387 e. The van der Waals surface area contributed by atoms with Crippen molar-refractivity contribution >= 4 is 5.82 Å². The highest BCUT2D eigenvalue weighted by atomic mass is 16.5. The van der Waals surface area contributed by atoms with Gasteiger partial charge in [-0.15, -0.1) is 0 Å². The summed E-state index contributed by atoms with van der Waals surface area (Å²) in [6, 6.07) is 3.69. The van der Waals surface area contributed by atoms with Gasteiger partial charge in [-0.2, -0.15) is 0 Å². The van der Waals surface area contributed by atoms with Crippen LogP contribution in [0, 0.1) is 0 Å². The van der Waals surface area contributed by atoms with Crippen LogP contribution in [-0.2, 0) is 24.2 Å². The maximum atomic E-state index is 10.4. The van der Waals surface area contributed by atoms with Gasteiger partial charge in [0.2, 0.25) is 0 Å². The SMILES string of the molecule is CCOCc1nc2c(c(NCC(O)c3cccnc3)n1)CCNCC2. The van der Waals surface area contributed by atoms with Gasteiger partial charge in [0.05, 0.1) is 11.8 Å². The van der Waals surface area contributed by atoms with Crippen molar-refractivity contribution in [2.24, 2.45) is 0 Å². The Morgan fingerprint density at radius 1 is 1.32 bits per heavy atom. The molecule has 3 rings (SSSR count). The Morgan fingerprint density at radius 3 is 3.00 bits per heavy atom. The molecule has 0 radical (unpaired) electrons. The first-order valence-corrected chi connectivity index (χ1v) is 8.77. The van der Waals surface area contributed by atoms with E-state index in [-0.39, 0.29) is 0 Å². The molecule has 3 N–H and O–H groups in total. The number of ether oxygens (including phenoxy) is 1. The number of fused-ring (bicyclic) bond motifs is 1. The average molecular weight is 343 g/mol. The Morgan fingerprint density at radius 2 is 2.20 bits per heavy atom. The highest BCUT2D eigenvalue weighted by Crippen LogP contribution is 2.21. The molecule has 1 atom stereocenters. The molecule has 7 nitrogen and oxygen atoms in total. The van der Waals surface area contributed by atoms with Crippen LogP contribution in [0.5, 0.6) is 0 Å². The van der Waals surface area contributed by atoms with Gasteiger partial charge in [-0.25, -0.2) is 9.97 Å². The Kier molecular flexibility index (Phi) is 6.27. The standard InChI is InChI=1S/C18H25N5O2/c1-2-25-12-17-22-15-6-9-19-8-5-14(15)18(23-17)21-11-16(24)13-4-3-7-20-10-13/h3-4,7,10,16,19,24H,2,5-6,8-9,11-12H2,1H3,(H,21,22,23). The molecule has 0 aromatic carbocycles. The van der Waals surface area contributed by atoms with Crippen LogP contribution in [-0.4, -0.2) is 46.3 Å². The monoisotopic (exact) mass is 343 g/mol. The van der Waals surface area contributed by atoms with E-state index in [1.165, 1.54) is 0 Å². The van der Waals surface area contributed by atoms with Gasteiger partial charge in [-0.05, 0) is 26.0 Å². The lowest BCUT2D eigenvalue weighted by molar-refractivity contribution is 0.128. The second kappa shape index (κ2) is 8.84. The molecule has 25 heavy (non-hydrogen) atoms. The van der Waals surface area contributed by atoms with Gasteiger partial charge >= 0.3 is 0 Å². The van der Waals surface area contributed by atoms with Gasteiger partial charge in [0, 0.05) is 49.6 Å². The molecule has 0 spiro atoms. The van der Waals surface area contributed by atoms with E-state index in [1.807, 2.05) is 19.1 Å². The molecular formula is C18H25N5O2. The van der Waals surface area contributed by atoms with E-state index in [9.17, 15) is 5.11 Å². The Bertz CT molecular complexity index is 681. The highest BCUT2D eigenvalue weighted by Gasteiger charge is 2.17. The van der Waals surface area contributed by atoms with E-state index in [0.717, 1.165) is 48.6 Å². The van der Waals surface area contributed by atoms with Crippen molar-refractivity contribution in [3.63, 3.8) is 0 Å². The van der Waals surface area contributed by atoms with Gasteiger partial charge in [0.1, 0.15) is 12.4 Å². The summed E-state index contributed by atoms with van der Waals surface area (Å²) < 4.78 is 5.47. The summed E-state index contributed by atoms with van der Waals surface area (Å²) in [6.07, 6.45) is 4.48. The first kappa shape index (κ1) is 17.7. The molecule has 0 fully saturated rings. The quantitative estimate of drug-likeness (QED) is 0.696. The maximum absolute atomic E-state index is 10.4. The van der Waals surface area contributed by atoms with Crippen molar-refractivity contribution in [2.75, 3.05) is 31.6 Å². The number of hydrogen-bond donors (Lipinski definition) is 3. The Labute approximate surface area is 147 Å². The lowest BCUT2D eigenvalue weighted by Crippen LogP contribution is -2.18. The van der Waals surface area contributed by atoms with Crippen LogP contribution in [0.25, 0.3) is 0 Å². The molecule has 0 bridgehead atoms. The van der Waals surface area contributed by atoms with E-state index in [4.69, 9.17) is 4.74 Å². The van der Waals surface area contributed by atoms with Gasteiger partial charge in [0.25, 0.3) is 0 Å². The third kappa shape index (κ3) is 4.72. The van der Waals surface area contributed by atoms with Crippen LogP contribution in [0.2, 0.25) is 0 Å². The number of hydrogen-bond acceptors (Lipinski definition) is 7. The molecule has 0 amide bonds. The van der Waals surface area contributed by atoms with Gasteiger partial charge in [-0.3, -0.25) is 4.98 Å². The highest BCUT2D eigenvalue weighted by molar-refractivity contribution is 5.48. The van der Waals surface area contributed by atoms with E-state index in [0.29, 0.717) is 25.6 Å². The fraction of sp³-hybridized carbons (Fsp3) is 0.500. The molecule has 1 unspecified atom stereocenters. The Balaban J connectivity index is 1.78. The minimum atomic E-state index is -0.640. The van der Waals surface area contributed by atoms with E-state index in [1.54, 1.807) is 12.4 Å². The van der Waals surface area contributed by atoms with Crippen LogP contribution < -0.4 is 10.6 Å². The second-order valence-electron chi connectivity index (χ2n) is 5.98. The summed E-state index contributed by atoms with van der Waals surface area (Å²) in [5.41, 5.74) is 2.98. The summed E-state index contributed by atoms with van der Waals surface area (Å²) in [4.78, 5) is 13.4. The molecule has 0 aliphatic carbocycles. The van der Waals surface area contributed by atoms with E-state index < -0.39 is 6.10 Å². The number of aromatic nitrogens is 3. The van der Waals surface area contributed by atoms with Crippen molar-refractivity contribution in [3.05, 3.63) is 47.2 Å². The van der Waals surface area contributed by atoms with Crippen LogP contribution in [0.1, 0.15) is 35.7 Å². The average Bonchev–Trinajstić information content (AvgIpc) is 2.90. The number of nitrogens with zero attached hydrogens (tertiary/aromatic N) is 3. The minimum Gasteiger partial charge on any atom is -0.387 e. The van der Waals surface area contributed by atoms with Crippen LogP contribution in [0.4, 0.5) is 5.82 Å². The number of rotatable bonds is 7. The summed E-state index contributed by atoms with van der Waals surface area (Å²) in [7, 11) is 0. The molecule has 2 aromatic rings. The fourth-order valence-electron chi connectivity index (χ4n) is 2.88. The first-order valence-electron chi connectivity index (χ1n) is 8.77. The smallest absolute Gasteiger partial charge is 0.156 e. The summed E-state index contributed by atoms with van der Waals surface area (Å²) in [6.45, 7) is 5.17. The Hall–Kier alpha value is -2.09. The molecule has 1 aliphatic rings. The van der Waals surface area contributed by atoms with Crippen molar-refractivity contribution in [1.29, 1.82) is 0 Å². The van der Waals surface area contributed by atoms with E-state index in [2.05, 4.69) is 25.6 Å². The second-order valence-corrected chi connectivity index (χ2v) is 5.98. The number of pyridine rings is 1. The van der Waals surface area contributed by atoms with E-state index >= 15 is 0 Å². The zero-order valence-corrected chi connectivity index (χ0v) is 14.5. The number of aliphatic hydroxyl groups is 1. The molecule has 3 heterocycles. The third-order valence-corrected chi connectivity index (χ3v) is 4.20. The maximum Gasteiger partial charge on any atom is 0.156 e. The van der Waals surface area contributed by atoms with Gasteiger partial charge in [-0.1, -0.05) is 6.07 Å². The van der Waals surface area contributed by atoms with Crippen LogP contribution >= 0.6 is 0 Å². The zero-order valence-electron chi connectivity index (χ0n) is 14.5. The molecular weight excluding hydrogens is 318 g/mol. The molecule has 0 saturated heterocycles.